The number of rotatable bonds is 6. The second-order valence-electron chi connectivity index (χ2n) is 18.1. The minimum Gasteiger partial charge on any atom is -0.310 e. The first-order valence-electron chi connectivity index (χ1n) is 21.8. The van der Waals surface area contributed by atoms with Crippen LogP contribution >= 0.6 is 11.3 Å². The fraction of sp³-hybridized carbons (Fsp3) is 0.100. The molecule has 0 saturated carbocycles. The van der Waals surface area contributed by atoms with Gasteiger partial charge in [-0.15, -0.1) is 11.3 Å². The van der Waals surface area contributed by atoms with Gasteiger partial charge in [-0.2, -0.15) is 0 Å². The predicted octanol–water partition coefficient (Wildman–Crippen LogP) is 17.1. The fourth-order valence-electron chi connectivity index (χ4n) is 10.8. The summed E-state index contributed by atoms with van der Waals surface area (Å²) >= 11 is 1.88. The first-order valence-corrected chi connectivity index (χ1v) is 22.6. The Labute approximate surface area is 368 Å². The van der Waals surface area contributed by atoms with Crippen LogP contribution in [0, 0.1) is 0 Å². The highest BCUT2D eigenvalue weighted by molar-refractivity contribution is 7.26. The van der Waals surface area contributed by atoms with E-state index in [1.165, 1.54) is 98.1 Å². The van der Waals surface area contributed by atoms with Gasteiger partial charge in [0.05, 0.1) is 5.69 Å². The van der Waals surface area contributed by atoms with Gasteiger partial charge in [-0.25, -0.2) is 0 Å². The maximum atomic E-state index is 2.47. The molecule has 0 aliphatic heterocycles. The van der Waals surface area contributed by atoms with Gasteiger partial charge in [0.15, 0.2) is 0 Å². The first kappa shape index (κ1) is 36.8. The van der Waals surface area contributed by atoms with Crippen LogP contribution < -0.4 is 4.90 Å². The molecule has 10 aromatic rings. The highest BCUT2D eigenvalue weighted by atomic mass is 32.1. The van der Waals surface area contributed by atoms with Crippen molar-refractivity contribution in [2.45, 2.75) is 38.5 Å². The van der Waals surface area contributed by atoms with Crippen molar-refractivity contribution in [2.75, 3.05) is 4.90 Å². The molecule has 1 aromatic heterocycles. The van der Waals surface area contributed by atoms with Crippen LogP contribution in [0.4, 0.5) is 17.1 Å². The molecule has 1 nitrogen and oxygen atoms in total. The van der Waals surface area contributed by atoms with Gasteiger partial charge in [0.25, 0.3) is 0 Å². The molecule has 296 valence electrons. The quantitative estimate of drug-likeness (QED) is 0.162. The highest BCUT2D eigenvalue weighted by Crippen LogP contribution is 2.54. The molecule has 12 rings (SSSR count). The van der Waals surface area contributed by atoms with Crippen molar-refractivity contribution < 1.29 is 0 Å². The van der Waals surface area contributed by atoms with Gasteiger partial charge >= 0.3 is 0 Å². The van der Waals surface area contributed by atoms with E-state index in [4.69, 9.17) is 0 Å². The molecule has 0 N–H and O–H groups in total. The third-order valence-electron chi connectivity index (χ3n) is 13.9. The molecule has 0 unspecified atom stereocenters. The molecular formula is C60H45NS. The summed E-state index contributed by atoms with van der Waals surface area (Å²) in [6.07, 6.45) is 0. The minimum atomic E-state index is -0.0935. The molecule has 2 heteroatoms. The van der Waals surface area contributed by atoms with Gasteiger partial charge in [-0.1, -0.05) is 185 Å². The Morgan fingerprint density at radius 1 is 0.355 bits per heavy atom. The van der Waals surface area contributed by atoms with Gasteiger partial charge < -0.3 is 4.90 Å². The third kappa shape index (κ3) is 5.46. The van der Waals surface area contributed by atoms with E-state index in [9.17, 15) is 0 Å². The van der Waals surface area contributed by atoms with Crippen LogP contribution in [-0.2, 0) is 10.8 Å². The molecule has 9 aromatic carbocycles. The molecule has 0 atom stereocenters. The third-order valence-corrected chi connectivity index (χ3v) is 15.1. The second kappa shape index (κ2) is 13.8. The summed E-state index contributed by atoms with van der Waals surface area (Å²) in [4.78, 5) is 2.47. The molecule has 62 heavy (non-hydrogen) atoms. The van der Waals surface area contributed by atoms with Crippen LogP contribution in [-0.4, -0.2) is 0 Å². The Morgan fingerprint density at radius 3 is 1.77 bits per heavy atom. The molecule has 0 fully saturated rings. The van der Waals surface area contributed by atoms with E-state index in [0.717, 1.165) is 17.1 Å². The summed E-state index contributed by atoms with van der Waals surface area (Å²) in [7, 11) is 0. The summed E-state index contributed by atoms with van der Waals surface area (Å²) in [5.74, 6) is 0. The Morgan fingerprint density at radius 2 is 0.935 bits per heavy atom. The zero-order valence-electron chi connectivity index (χ0n) is 35.4. The van der Waals surface area contributed by atoms with Crippen molar-refractivity contribution >= 4 is 48.6 Å². The van der Waals surface area contributed by atoms with Crippen molar-refractivity contribution in [1.82, 2.24) is 0 Å². The molecule has 2 aliphatic carbocycles. The Balaban J connectivity index is 1.03. The summed E-state index contributed by atoms with van der Waals surface area (Å²) in [6, 6.07) is 74.8. The van der Waals surface area contributed by atoms with Crippen molar-refractivity contribution in [3.63, 3.8) is 0 Å². The smallest absolute Gasteiger partial charge is 0.0540 e. The van der Waals surface area contributed by atoms with Crippen LogP contribution in [0.1, 0.15) is 49.9 Å². The maximum absolute atomic E-state index is 2.47. The number of hydrogen-bond acceptors (Lipinski definition) is 2. The van der Waals surface area contributed by atoms with E-state index < -0.39 is 0 Å². The largest absolute Gasteiger partial charge is 0.310 e. The maximum Gasteiger partial charge on any atom is 0.0540 e. The number of fused-ring (bicyclic) bond motifs is 9. The van der Waals surface area contributed by atoms with Crippen molar-refractivity contribution in [3.8, 4) is 55.6 Å². The topological polar surface area (TPSA) is 3.24 Å². The highest BCUT2D eigenvalue weighted by Gasteiger charge is 2.37. The lowest BCUT2D eigenvalue weighted by Crippen LogP contribution is -2.15. The number of anilines is 3. The normalized spacial score (nSPS) is 14.1. The van der Waals surface area contributed by atoms with E-state index in [2.05, 4.69) is 233 Å². The minimum absolute atomic E-state index is 0.0179. The fourth-order valence-corrected chi connectivity index (χ4v) is 12.0. The number of hydrogen-bond donors (Lipinski definition) is 0. The number of benzene rings is 9. The second-order valence-corrected chi connectivity index (χ2v) is 19.1. The van der Waals surface area contributed by atoms with Crippen LogP contribution in [0.2, 0.25) is 0 Å². The van der Waals surface area contributed by atoms with Crippen LogP contribution in [0.5, 0.6) is 0 Å². The Kier molecular flexibility index (Phi) is 8.17. The average molecular weight is 812 g/mol. The van der Waals surface area contributed by atoms with Gasteiger partial charge in [-0.05, 0) is 115 Å². The lowest BCUT2D eigenvalue weighted by atomic mass is 9.82. The van der Waals surface area contributed by atoms with Gasteiger partial charge in [0.1, 0.15) is 0 Å². The summed E-state index contributed by atoms with van der Waals surface area (Å²) in [5, 5.41) is 2.63. The van der Waals surface area contributed by atoms with Crippen molar-refractivity contribution in [3.05, 3.63) is 222 Å². The van der Waals surface area contributed by atoms with E-state index >= 15 is 0 Å². The molecule has 1 heterocycles. The van der Waals surface area contributed by atoms with E-state index in [0.29, 0.717) is 0 Å². The lowest BCUT2D eigenvalue weighted by Gasteiger charge is -2.29. The predicted molar refractivity (Wildman–Crippen MR) is 265 cm³/mol. The molecule has 0 saturated heterocycles. The summed E-state index contributed by atoms with van der Waals surface area (Å²) in [6.45, 7) is 9.43. The molecule has 0 radical (unpaired) electrons. The lowest BCUT2D eigenvalue weighted by molar-refractivity contribution is 0.660. The van der Waals surface area contributed by atoms with Gasteiger partial charge in [0.2, 0.25) is 0 Å². The molecular weight excluding hydrogens is 767 g/mol. The van der Waals surface area contributed by atoms with E-state index in [1.54, 1.807) is 0 Å². The standard InChI is InChI=1S/C60H45NS/c1-59(2)51-25-9-5-18-44(51)50-37-39(32-35-53(50)59)38-30-33-41(34-31-38)61(42-17-13-16-40(36-42)43-22-14-24-48-46-20-8-12-29-56(46)62-58(43)48)55-28-11-7-19-45(55)47-23-15-27-54-57(47)49-21-6-10-26-52(49)60(54,3)4/h5-37H,1-4H3. The molecule has 0 amide bonds. The van der Waals surface area contributed by atoms with Crippen LogP contribution in [0.25, 0.3) is 75.8 Å². The van der Waals surface area contributed by atoms with Crippen LogP contribution in [0.15, 0.2) is 200 Å². The monoisotopic (exact) mass is 811 g/mol. The Bertz CT molecular complexity index is 3420. The molecule has 2 aliphatic rings. The first-order chi connectivity index (χ1) is 30.3. The van der Waals surface area contributed by atoms with Crippen molar-refractivity contribution in [2.24, 2.45) is 0 Å². The van der Waals surface area contributed by atoms with E-state index in [-0.39, 0.29) is 10.8 Å². The van der Waals surface area contributed by atoms with Crippen LogP contribution in [0.3, 0.4) is 0 Å². The van der Waals surface area contributed by atoms with Crippen molar-refractivity contribution in [1.29, 1.82) is 0 Å². The SMILES string of the molecule is CC1(C)c2ccccc2-c2cc(-c3ccc(N(c4cccc(-c5cccc6c5sc5ccccc56)c4)c4ccccc4-c4cccc5c4-c4ccccc4C5(C)C)cc3)ccc21. The van der Waals surface area contributed by atoms with E-state index in [1.807, 2.05) is 11.3 Å². The zero-order chi connectivity index (χ0) is 41.7. The van der Waals surface area contributed by atoms with Gasteiger partial charge in [0, 0.05) is 47.9 Å². The molecule has 0 spiro atoms. The Hall–Kier alpha value is -7.00. The number of nitrogens with zero attached hydrogens (tertiary/aromatic N) is 1. The summed E-state index contributed by atoms with van der Waals surface area (Å²) < 4.78 is 2.64. The zero-order valence-corrected chi connectivity index (χ0v) is 36.2. The summed E-state index contributed by atoms with van der Waals surface area (Å²) in [5.41, 5.74) is 21.5. The number of thiophene rings is 1. The van der Waals surface area contributed by atoms with Gasteiger partial charge in [-0.3, -0.25) is 0 Å². The average Bonchev–Trinajstić information content (AvgIpc) is 3.89. The molecule has 0 bridgehead atoms. The number of para-hydroxylation sites is 1.